The van der Waals surface area contributed by atoms with Gasteiger partial charge in [-0.25, -0.2) is 13.9 Å². The van der Waals surface area contributed by atoms with Gasteiger partial charge in [0.15, 0.2) is 12.3 Å². The van der Waals surface area contributed by atoms with E-state index in [0.717, 1.165) is 75.0 Å². The molecule has 0 bridgehead atoms. The minimum atomic E-state index is -5.48. The number of aliphatic hydroxyl groups is 3. The smallest absolute Gasteiger partial charge is 0.462 e. The number of allylic oxidation sites excluding steroid dienone is 14. The van der Waals surface area contributed by atoms with Gasteiger partial charge in [0.25, 0.3) is 0 Å². The fourth-order valence-corrected chi connectivity index (χ4v) is 8.93. The summed E-state index contributed by atoms with van der Waals surface area (Å²) in [6.07, 6.45) is 39.4. The Morgan fingerprint density at radius 2 is 1.36 bits per heavy atom. The summed E-state index contributed by atoms with van der Waals surface area (Å²) < 4.78 is 56.6. The van der Waals surface area contributed by atoms with Crippen molar-refractivity contribution in [3.63, 3.8) is 0 Å². The Kier molecular flexibility index (Phi) is 34.7. The molecule has 0 aromatic carbocycles. The third kappa shape index (κ3) is 31.9. The third-order valence-electron chi connectivity index (χ3n) is 10.8. The van der Waals surface area contributed by atoms with Crippen molar-refractivity contribution in [2.75, 3.05) is 25.6 Å². The maximum atomic E-state index is 12.9. The second-order valence-electron chi connectivity index (χ2n) is 17.2. The van der Waals surface area contributed by atoms with Crippen molar-refractivity contribution in [3.8, 4) is 0 Å². The van der Waals surface area contributed by atoms with Crippen molar-refractivity contribution in [3.05, 3.63) is 120 Å². The van der Waals surface area contributed by atoms with Crippen molar-refractivity contribution in [2.45, 2.75) is 173 Å². The summed E-state index contributed by atoms with van der Waals surface area (Å²) in [5, 5.41) is 31.2. The molecular formula is C52H81N3O16P2. The first-order valence-electron chi connectivity index (χ1n) is 25.4. The largest absolute Gasteiger partial charge is 0.481 e. The molecule has 7 N–H and O–H groups in total. The maximum Gasteiger partial charge on any atom is 0.481 e. The van der Waals surface area contributed by atoms with Crippen LogP contribution in [0.5, 0.6) is 0 Å². The molecule has 2 heterocycles. The molecule has 1 fully saturated rings. The van der Waals surface area contributed by atoms with Crippen LogP contribution in [-0.4, -0.2) is 96.9 Å². The number of anilines is 1. The molecule has 410 valence electrons. The van der Waals surface area contributed by atoms with Gasteiger partial charge in [-0.15, -0.1) is 0 Å². The highest BCUT2D eigenvalue weighted by atomic mass is 31.3. The van der Waals surface area contributed by atoms with E-state index >= 15 is 0 Å². The molecule has 1 saturated heterocycles. The molecule has 0 spiro atoms. The zero-order valence-electron chi connectivity index (χ0n) is 42.5. The number of aliphatic hydroxyl groups excluding tert-OH is 3. The van der Waals surface area contributed by atoms with Crippen LogP contribution in [0.4, 0.5) is 5.82 Å². The van der Waals surface area contributed by atoms with E-state index in [2.05, 4.69) is 83.9 Å². The topological polar surface area (TPSA) is 286 Å². The van der Waals surface area contributed by atoms with Gasteiger partial charge in [0.05, 0.1) is 19.3 Å². The van der Waals surface area contributed by atoms with Gasteiger partial charge in [0.2, 0.25) is 0 Å². The quantitative estimate of drug-likeness (QED) is 0.0117. The van der Waals surface area contributed by atoms with Crippen LogP contribution in [0.2, 0.25) is 0 Å². The summed E-state index contributed by atoms with van der Waals surface area (Å²) in [5.74, 6) is -1.52. The summed E-state index contributed by atoms with van der Waals surface area (Å²) in [7, 11) is -10.9. The van der Waals surface area contributed by atoms with Crippen molar-refractivity contribution < 1.29 is 71.4 Å². The van der Waals surface area contributed by atoms with E-state index in [9.17, 15) is 48.6 Å². The molecule has 1 aromatic heterocycles. The van der Waals surface area contributed by atoms with Gasteiger partial charge in [-0.1, -0.05) is 150 Å². The molecule has 8 atom stereocenters. The van der Waals surface area contributed by atoms with Crippen LogP contribution in [-0.2, 0) is 46.3 Å². The van der Waals surface area contributed by atoms with Crippen LogP contribution in [0.25, 0.3) is 0 Å². The number of esters is 2. The van der Waals surface area contributed by atoms with E-state index in [1.165, 1.54) is 31.7 Å². The Labute approximate surface area is 431 Å². The molecule has 21 heteroatoms. The highest BCUT2D eigenvalue weighted by Gasteiger charge is 2.46. The maximum absolute atomic E-state index is 12.9. The molecule has 3 unspecified atom stereocenters. The first-order valence-corrected chi connectivity index (χ1v) is 28.4. The number of unbranched alkanes of at least 4 members (excludes halogenated alkanes) is 9. The molecule has 0 amide bonds. The highest BCUT2D eigenvalue weighted by Crippen LogP contribution is 2.60. The predicted octanol–water partition coefficient (Wildman–Crippen LogP) is 9.41. The third-order valence-corrected chi connectivity index (χ3v) is 13.4. The van der Waals surface area contributed by atoms with Gasteiger partial charge in [-0.3, -0.25) is 23.2 Å². The number of hydrogen-bond acceptors (Lipinski definition) is 16. The summed E-state index contributed by atoms with van der Waals surface area (Å²) in [6, 6.07) is 1.23. The summed E-state index contributed by atoms with van der Waals surface area (Å²) in [5.41, 5.74) is 4.57. The number of rotatable bonds is 40. The standard InChI is InChI=1S/C52H81N3O16P2/c1-3-5-7-9-11-13-15-17-18-20-22-24-26-28-32-36-47(57)66-40-44(69-48(58)37-33-29-31-35-43(56)34-30-27-25-23-21-19-16-14-12-10-8-6-4-2)41-67-72(62,63)71-73(64,65)68-42-45-49(59)50(60)51(70-45)55-39-38-46(53)54-52(55)61/h6,8,12-15,17-19,21,25,27,29-31,34,38-39,43-45,49-51,56,59-60H,3-5,7,9-11,16,20,22-24,26,28,32-33,35-37,40-42H2,1-2H3,(H,62,63)(H,64,65)(H2,53,54,61)/b8-6-,14-12-,15-13-,18-17-,21-19-,27-25-,31-29-,34-30-/t43?,44-,45-,49-,50-,51-/m1/s1. The van der Waals surface area contributed by atoms with E-state index in [1.54, 1.807) is 24.3 Å². The van der Waals surface area contributed by atoms with Crippen LogP contribution >= 0.6 is 15.6 Å². The van der Waals surface area contributed by atoms with Crippen molar-refractivity contribution in [2.24, 2.45) is 0 Å². The number of nitrogens with two attached hydrogens (primary N) is 1. The van der Waals surface area contributed by atoms with E-state index < -0.39 is 89.8 Å². The lowest BCUT2D eigenvalue weighted by atomic mass is 10.1. The number of ether oxygens (including phenoxy) is 3. The number of aromatic nitrogens is 2. The monoisotopic (exact) mass is 1070 g/mol. The second kappa shape index (κ2) is 39.1. The van der Waals surface area contributed by atoms with Gasteiger partial charge in [-0.2, -0.15) is 9.29 Å². The van der Waals surface area contributed by atoms with Crippen LogP contribution < -0.4 is 11.4 Å². The first kappa shape index (κ1) is 64.8. The fourth-order valence-electron chi connectivity index (χ4n) is 6.82. The van der Waals surface area contributed by atoms with E-state index in [-0.39, 0.29) is 31.5 Å². The first-order chi connectivity index (χ1) is 35.1. The number of phosphoric ester groups is 2. The molecule has 1 aliphatic heterocycles. The van der Waals surface area contributed by atoms with Gasteiger partial charge in [0.1, 0.15) is 30.7 Å². The van der Waals surface area contributed by atoms with Gasteiger partial charge < -0.3 is 45.1 Å². The minimum Gasteiger partial charge on any atom is -0.462 e. The Hall–Kier alpha value is -4.36. The SMILES string of the molecule is CC/C=C\C/C=C\C/C=C\C/C=C\C=C/C(O)C/C=C\CCC(=O)O[C@H](COC(=O)CCCCCCC/C=C\C=C/CCCCCC)COP(=O)(O)OP(=O)(O)OC[C@H]1O[C@@H](n2ccc(N)nc2=O)[C@H](O)[C@@H]1O. The van der Waals surface area contributed by atoms with Crippen LogP contribution in [0.15, 0.2) is 114 Å². The van der Waals surface area contributed by atoms with Crippen LogP contribution in [0.1, 0.15) is 142 Å². The number of phosphoric acid groups is 2. The summed E-state index contributed by atoms with van der Waals surface area (Å²) in [6.45, 7) is 1.82. The molecule has 1 aromatic rings. The molecule has 0 aliphatic carbocycles. The Balaban J connectivity index is 1.88. The Morgan fingerprint density at radius 3 is 2.03 bits per heavy atom. The molecule has 0 saturated carbocycles. The zero-order valence-corrected chi connectivity index (χ0v) is 44.3. The lowest BCUT2D eigenvalue weighted by molar-refractivity contribution is -0.161. The highest BCUT2D eigenvalue weighted by molar-refractivity contribution is 7.61. The Bertz CT molecular complexity index is 2120. The molecular weight excluding hydrogens is 985 g/mol. The zero-order chi connectivity index (χ0) is 53.6. The molecule has 19 nitrogen and oxygen atoms in total. The van der Waals surface area contributed by atoms with E-state index in [0.29, 0.717) is 6.42 Å². The lowest BCUT2D eigenvalue weighted by Gasteiger charge is -2.21. The van der Waals surface area contributed by atoms with Crippen molar-refractivity contribution >= 4 is 33.4 Å². The van der Waals surface area contributed by atoms with Crippen LogP contribution in [0.3, 0.4) is 0 Å². The van der Waals surface area contributed by atoms with Crippen molar-refractivity contribution in [1.29, 1.82) is 0 Å². The van der Waals surface area contributed by atoms with E-state index in [1.807, 2.05) is 12.2 Å². The van der Waals surface area contributed by atoms with Crippen molar-refractivity contribution in [1.82, 2.24) is 9.55 Å². The average Bonchev–Trinajstić information content (AvgIpc) is 3.62. The fraction of sp³-hybridized carbons (Fsp3) is 0.577. The molecule has 0 radical (unpaired) electrons. The van der Waals surface area contributed by atoms with Gasteiger partial charge in [0, 0.05) is 19.0 Å². The van der Waals surface area contributed by atoms with E-state index in [4.69, 9.17) is 29.0 Å². The number of carbonyl (C=O) groups excluding carboxylic acids is 2. The number of nitrogen functional groups attached to an aromatic ring is 1. The molecule has 2 rings (SSSR count). The predicted molar refractivity (Wildman–Crippen MR) is 281 cm³/mol. The normalized spacial score (nSPS) is 20.2. The summed E-state index contributed by atoms with van der Waals surface area (Å²) >= 11 is 0. The lowest BCUT2D eigenvalue weighted by Crippen LogP contribution is -2.36. The molecule has 1 aliphatic rings. The van der Waals surface area contributed by atoms with Gasteiger partial charge in [-0.05, 0) is 76.7 Å². The van der Waals surface area contributed by atoms with Crippen LogP contribution in [0, 0.1) is 0 Å². The number of carbonyl (C=O) groups is 2. The molecule has 73 heavy (non-hydrogen) atoms. The number of hydrogen-bond donors (Lipinski definition) is 6. The average molecular weight is 1070 g/mol. The number of nitrogens with zero attached hydrogens (tertiary/aromatic N) is 2. The Morgan fingerprint density at radius 1 is 0.740 bits per heavy atom. The second-order valence-corrected chi connectivity index (χ2v) is 20.2. The minimum absolute atomic E-state index is 0.0666. The van der Waals surface area contributed by atoms with Gasteiger partial charge >= 0.3 is 33.3 Å². The summed E-state index contributed by atoms with van der Waals surface area (Å²) in [4.78, 5) is 61.9.